The third kappa shape index (κ3) is 2.98. The molecular weight excluding hydrogens is 352 g/mol. The normalized spacial score (nSPS) is 18.7. The van der Waals surface area contributed by atoms with Crippen molar-refractivity contribution in [2.45, 2.75) is 32.3 Å². The maximum absolute atomic E-state index is 11.4. The number of hydrogen-bond acceptors (Lipinski definition) is 5. The molecule has 2 aliphatic heterocycles. The Labute approximate surface area is 157 Å². The van der Waals surface area contributed by atoms with Crippen molar-refractivity contribution in [2.75, 3.05) is 24.5 Å². The lowest BCUT2D eigenvalue weighted by Crippen LogP contribution is -2.47. The van der Waals surface area contributed by atoms with Crippen LogP contribution in [0.15, 0.2) is 24.4 Å². The SMILES string of the molecule is Cc1cccnc1-c1cc(N2CCC3(CC2)CNC(=O)O3)nc(C)c1Cl. The summed E-state index contributed by atoms with van der Waals surface area (Å²) in [5, 5.41) is 3.40. The molecule has 1 spiro atoms. The molecule has 0 atom stereocenters. The van der Waals surface area contributed by atoms with Gasteiger partial charge in [0, 0.05) is 37.7 Å². The van der Waals surface area contributed by atoms with Gasteiger partial charge in [0.05, 0.1) is 23.0 Å². The summed E-state index contributed by atoms with van der Waals surface area (Å²) in [6.07, 6.45) is 3.03. The molecule has 2 aliphatic rings. The van der Waals surface area contributed by atoms with Crippen molar-refractivity contribution < 1.29 is 9.53 Å². The van der Waals surface area contributed by atoms with Crippen molar-refractivity contribution >= 4 is 23.5 Å². The molecule has 26 heavy (non-hydrogen) atoms. The van der Waals surface area contributed by atoms with E-state index in [4.69, 9.17) is 16.3 Å². The number of halogens is 1. The van der Waals surface area contributed by atoms with Crippen molar-refractivity contribution in [3.63, 3.8) is 0 Å². The minimum absolute atomic E-state index is 0.313. The lowest BCUT2D eigenvalue weighted by molar-refractivity contribution is 0.0366. The van der Waals surface area contributed by atoms with Gasteiger partial charge in [-0.15, -0.1) is 0 Å². The van der Waals surface area contributed by atoms with E-state index in [2.05, 4.69) is 20.2 Å². The maximum Gasteiger partial charge on any atom is 0.407 e. The Morgan fingerprint density at radius 3 is 2.73 bits per heavy atom. The number of nitrogens with one attached hydrogen (secondary N) is 1. The summed E-state index contributed by atoms with van der Waals surface area (Å²) in [5.41, 5.74) is 3.29. The lowest BCUT2D eigenvalue weighted by atomic mass is 9.91. The van der Waals surface area contributed by atoms with Crippen LogP contribution in [0.5, 0.6) is 0 Å². The molecule has 2 aromatic heterocycles. The van der Waals surface area contributed by atoms with Gasteiger partial charge in [0.15, 0.2) is 0 Å². The first-order valence-corrected chi connectivity index (χ1v) is 9.16. The second-order valence-corrected chi connectivity index (χ2v) is 7.39. The summed E-state index contributed by atoms with van der Waals surface area (Å²) in [6, 6.07) is 5.96. The van der Waals surface area contributed by atoms with E-state index in [0.717, 1.165) is 54.3 Å². The van der Waals surface area contributed by atoms with Crippen LogP contribution in [0, 0.1) is 13.8 Å². The number of piperidine rings is 1. The van der Waals surface area contributed by atoms with Gasteiger partial charge in [-0.25, -0.2) is 9.78 Å². The fourth-order valence-corrected chi connectivity index (χ4v) is 3.85. The zero-order valence-electron chi connectivity index (χ0n) is 14.9. The van der Waals surface area contributed by atoms with Crippen LogP contribution in [-0.4, -0.2) is 41.3 Å². The number of carbonyl (C=O) groups excluding carboxylic acids is 1. The van der Waals surface area contributed by atoms with Gasteiger partial charge in [-0.2, -0.15) is 0 Å². The molecule has 7 heteroatoms. The minimum Gasteiger partial charge on any atom is -0.441 e. The Morgan fingerprint density at radius 2 is 2.08 bits per heavy atom. The largest absolute Gasteiger partial charge is 0.441 e. The van der Waals surface area contributed by atoms with Crippen LogP contribution in [0.4, 0.5) is 10.6 Å². The van der Waals surface area contributed by atoms with Crippen molar-refractivity contribution in [2.24, 2.45) is 0 Å². The molecular formula is C19H21ClN4O2. The summed E-state index contributed by atoms with van der Waals surface area (Å²) in [4.78, 5) is 22.8. The lowest BCUT2D eigenvalue weighted by Gasteiger charge is -2.38. The van der Waals surface area contributed by atoms with Gasteiger partial charge in [-0.3, -0.25) is 4.98 Å². The first-order valence-electron chi connectivity index (χ1n) is 8.78. The van der Waals surface area contributed by atoms with Gasteiger partial charge >= 0.3 is 6.09 Å². The van der Waals surface area contributed by atoms with Gasteiger partial charge in [0.2, 0.25) is 0 Å². The Balaban J connectivity index is 1.62. The van der Waals surface area contributed by atoms with Crippen LogP contribution in [0.25, 0.3) is 11.3 Å². The summed E-state index contributed by atoms with van der Waals surface area (Å²) in [6.45, 7) is 6.10. The highest BCUT2D eigenvalue weighted by molar-refractivity contribution is 6.34. The van der Waals surface area contributed by atoms with Crippen molar-refractivity contribution in [1.82, 2.24) is 15.3 Å². The second kappa shape index (κ2) is 6.43. The molecule has 0 saturated carbocycles. The van der Waals surface area contributed by atoms with Crippen LogP contribution < -0.4 is 10.2 Å². The number of aromatic nitrogens is 2. The molecule has 2 saturated heterocycles. The maximum atomic E-state index is 11.4. The molecule has 1 amide bonds. The molecule has 1 N–H and O–H groups in total. The number of carbonyl (C=O) groups is 1. The van der Waals surface area contributed by atoms with E-state index < -0.39 is 0 Å². The summed E-state index contributed by atoms with van der Waals surface area (Å²) in [7, 11) is 0. The van der Waals surface area contributed by atoms with Gasteiger partial charge in [0.25, 0.3) is 0 Å². The number of aryl methyl sites for hydroxylation is 2. The second-order valence-electron chi connectivity index (χ2n) is 7.01. The molecule has 0 bridgehead atoms. The highest BCUT2D eigenvalue weighted by Gasteiger charge is 2.43. The predicted octanol–water partition coefficient (Wildman–Crippen LogP) is 3.49. The van der Waals surface area contributed by atoms with E-state index >= 15 is 0 Å². The summed E-state index contributed by atoms with van der Waals surface area (Å²) in [5.74, 6) is 0.888. The quantitative estimate of drug-likeness (QED) is 0.873. The third-order valence-corrected chi connectivity index (χ3v) is 5.71. The first kappa shape index (κ1) is 17.1. The average Bonchev–Trinajstić information content (AvgIpc) is 2.99. The van der Waals surface area contributed by atoms with E-state index in [0.29, 0.717) is 11.6 Å². The molecule has 2 fully saturated rings. The molecule has 136 valence electrons. The molecule has 0 radical (unpaired) electrons. The Morgan fingerprint density at radius 1 is 1.31 bits per heavy atom. The predicted molar refractivity (Wildman–Crippen MR) is 101 cm³/mol. The van der Waals surface area contributed by atoms with Gasteiger partial charge < -0.3 is 15.0 Å². The zero-order valence-corrected chi connectivity index (χ0v) is 15.6. The van der Waals surface area contributed by atoms with Crippen molar-refractivity contribution in [3.05, 3.63) is 40.7 Å². The Bertz CT molecular complexity index is 863. The fourth-order valence-electron chi connectivity index (χ4n) is 3.67. The standard InChI is InChI=1S/C19H21ClN4O2/c1-12-4-3-7-21-17(12)14-10-15(23-13(2)16(14)20)24-8-5-19(6-9-24)11-22-18(25)26-19/h3-4,7,10H,5-6,8-9,11H2,1-2H3,(H,22,25). The number of amides is 1. The molecule has 4 heterocycles. The molecule has 0 aliphatic carbocycles. The van der Waals surface area contributed by atoms with E-state index in [1.165, 1.54) is 0 Å². The zero-order chi connectivity index (χ0) is 18.3. The van der Waals surface area contributed by atoms with Crippen LogP contribution in [0.3, 0.4) is 0 Å². The summed E-state index contributed by atoms with van der Waals surface area (Å²) < 4.78 is 5.50. The van der Waals surface area contributed by atoms with Crippen LogP contribution in [-0.2, 0) is 4.74 Å². The monoisotopic (exact) mass is 372 g/mol. The van der Waals surface area contributed by atoms with E-state index in [1.54, 1.807) is 6.20 Å². The summed E-state index contributed by atoms with van der Waals surface area (Å²) >= 11 is 6.54. The highest BCUT2D eigenvalue weighted by atomic mass is 35.5. The number of hydrogen-bond donors (Lipinski definition) is 1. The number of nitrogens with zero attached hydrogens (tertiary/aromatic N) is 3. The third-order valence-electron chi connectivity index (χ3n) is 5.24. The molecule has 0 aromatic carbocycles. The van der Waals surface area contributed by atoms with Gasteiger partial charge in [0.1, 0.15) is 11.4 Å². The van der Waals surface area contributed by atoms with Crippen molar-refractivity contribution in [3.8, 4) is 11.3 Å². The fraction of sp³-hybridized carbons (Fsp3) is 0.421. The smallest absolute Gasteiger partial charge is 0.407 e. The van der Waals surface area contributed by atoms with E-state index in [-0.39, 0.29) is 11.7 Å². The van der Waals surface area contributed by atoms with Crippen molar-refractivity contribution in [1.29, 1.82) is 0 Å². The van der Waals surface area contributed by atoms with Gasteiger partial charge in [-0.1, -0.05) is 17.7 Å². The Hall–Kier alpha value is -2.34. The van der Waals surface area contributed by atoms with E-state index in [1.807, 2.05) is 32.0 Å². The van der Waals surface area contributed by atoms with Crippen LogP contribution in [0.1, 0.15) is 24.1 Å². The molecule has 6 nitrogen and oxygen atoms in total. The highest BCUT2D eigenvalue weighted by Crippen LogP contribution is 2.36. The molecule has 4 rings (SSSR count). The number of alkyl carbamates (subject to hydrolysis) is 1. The van der Waals surface area contributed by atoms with Gasteiger partial charge in [-0.05, 0) is 31.5 Å². The number of anilines is 1. The van der Waals surface area contributed by atoms with Crippen LogP contribution >= 0.6 is 11.6 Å². The Kier molecular flexibility index (Phi) is 4.23. The van der Waals surface area contributed by atoms with E-state index in [9.17, 15) is 4.79 Å². The number of rotatable bonds is 2. The minimum atomic E-state index is -0.366. The average molecular weight is 373 g/mol. The van der Waals surface area contributed by atoms with Crippen LogP contribution in [0.2, 0.25) is 5.02 Å². The molecule has 2 aromatic rings. The number of pyridine rings is 2. The first-order chi connectivity index (χ1) is 12.5. The molecule has 0 unspecified atom stereocenters. The topological polar surface area (TPSA) is 67.4 Å². The number of ether oxygens (including phenoxy) is 1.